The largest absolute Gasteiger partial charge is 0.369 e. The third kappa shape index (κ3) is 3.28. The maximum absolute atomic E-state index is 12.2. The van der Waals surface area contributed by atoms with Crippen molar-refractivity contribution in [1.82, 2.24) is 4.90 Å². The van der Waals surface area contributed by atoms with Crippen LogP contribution in [0.4, 0.5) is 0 Å². The van der Waals surface area contributed by atoms with Gasteiger partial charge >= 0.3 is 0 Å². The Kier molecular flexibility index (Phi) is 4.77. The average Bonchev–Trinajstić information content (AvgIpc) is 2.88. The standard InChI is InChI=1S/C22H25ClN2OS/c1-15-22(26,25-14-21(2,3)13-24-20(25)27-15)19(16-7-5-4-6-8-16)17-9-11-18(23)12-10-17/h4-12,15,19,26H,13-14H2,1-3H3. The molecule has 0 aromatic heterocycles. The summed E-state index contributed by atoms with van der Waals surface area (Å²) in [5, 5.41) is 13.9. The summed E-state index contributed by atoms with van der Waals surface area (Å²) in [4.78, 5) is 6.94. The monoisotopic (exact) mass is 400 g/mol. The van der Waals surface area contributed by atoms with Crippen molar-refractivity contribution in [1.29, 1.82) is 0 Å². The van der Waals surface area contributed by atoms with Gasteiger partial charge in [-0.3, -0.25) is 4.99 Å². The lowest BCUT2D eigenvalue weighted by Crippen LogP contribution is -2.59. The second-order valence-corrected chi connectivity index (χ2v) is 10.0. The minimum atomic E-state index is -1.06. The van der Waals surface area contributed by atoms with Crippen LogP contribution in [0.15, 0.2) is 59.6 Å². The maximum atomic E-state index is 12.2. The van der Waals surface area contributed by atoms with Crippen LogP contribution in [0.1, 0.15) is 37.8 Å². The van der Waals surface area contributed by atoms with Gasteiger partial charge in [-0.1, -0.05) is 79.7 Å². The summed E-state index contributed by atoms with van der Waals surface area (Å²) in [5.41, 5.74) is 1.13. The zero-order valence-corrected chi connectivity index (χ0v) is 17.5. The van der Waals surface area contributed by atoms with Crippen LogP contribution < -0.4 is 0 Å². The Morgan fingerprint density at radius 2 is 1.74 bits per heavy atom. The summed E-state index contributed by atoms with van der Waals surface area (Å²) >= 11 is 7.82. The fourth-order valence-corrected chi connectivity index (χ4v) is 5.49. The van der Waals surface area contributed by atoms with E-state index in [1.165, 1.54) is 0 Å². The van der Waals surface area contributed by atoms with Crippen molar-refractivity contribution < 1.29 is 5.11 Å². The summed E-state index contributed by atoms with van der Waals surface area (Å²) in [6.07, 6.45) is 0. The molecule has 1 N–H and O–H groups in total. The van der Waals surface area contributed by atoms with Crippen LogP contribution in [0.3, 0.4) is 0 Å². The first-order valence-corrected chi connectivity index (χ1v) is 10.6. The van der Waals surface area contributed by atoms with Gasteiger partial charge in [0.05, 0.1) is 11.2 Å². The molecule has 1 fully saturated rings. The Morgan fingerprint density at radius 3 is 2.41 bits per heavy atom. The molecule has 0 bridgehead atoms. The van der Waals surface area contributed by atoms with Gasteiger partial charge in [-0.15, -0.1) is 0 Å². The van der Waals surface area contributed by atoms with E-state index in [1.54, 1.807) is 11.8 Å². The van der Waals surface area contributed by atoms with Gasteiger partial charge < -0.3 is 10.0 Å². The van der Waals surface area contributed by atoms with Crippen LogP contribution in [-0.2, 0) is 0 Å². The van der Waals surface area contributed by atoms with E-state index in [4.69, 9.17) is 16.6 Å². The number of fused-ring (bicyclic) bond motifs is 1. The van der Waals surface area contributed by atoms with Gasteiger partial charge in [-0.2, -0.15) is 0 Å². The summed E-state index contributed by atoms with van der Waals surface area (Å²) < 4.78 is 0. The van der Waals surface area contributed by atoms with Gasteiger partial charge in [0.1, 0.15) is 0 Å². The number of nitrogens with zero attached hydrogens (tertiary/aromatic N) is 2. The topological polar surface area (TPSA) is 35.8 Å². The third-order valence-electron chi connectivity index (χ3n) is 5.53. The van der Waals surface area contributed by atoms with E-state index in [0.29, 0.717) is 5.02 Å². The number of benzene rings is 2. The fraction of sp³-hybridized carbons (Fsp3) is 0.409. The molecule has 27 heavy (non-hydrogen) atoms. The van der Waals surface area contributed by atoms with Gasteiger partial charge in [0.2, 0.25) is 0 Å². The van der Waals surface area contributed by atoms with Crippen molar-refractivity contribution in [3.63, 3.8) is 0 Å². The molecule has 2 heterocycles. The highest BCUT2D eigenvalue weighted by Crippen LogP contribution is 2.51. The molecule has 2 aromatic carbocycles. The number of aliphatic hydroxyl groups is 1. The van der Waals surface area contributed by atoms with Crippen molar-refractivity contribution in [2.45, 2.75) is 37.7 Å². The average molecular weight is 401 g/mol. The predicted molar refractivity (Wildman–Crippen MR) is 115 cm³/mol. The molecule has 1 saturated heterocycles. The first kappa shape index (κ1) is 18.9. The lowest BCUT2D eigenvalue weighted by molar-refractivity contribution is -0.0873. The summed E-state index contributed by atoms with van der Waals surface area (Å²) in [7, 11) is 0. The number of thioether (sulfide) groups is 1. The third-order valence-corrected chi connectivity index (χ3v) is 7.05. The molecule has 2 aromatic rings. The number of halogens is 1. The highest BCUT2D eigenvalue weighted by Gasteiger charge is 2.56. The minimum absolute atomic E-state index is 0.00830. The summed E-state index contributed by atoms with van der Waals surface area (Å²) in [6.45, 7) is 8.11. The molecule has 3 atom stereocenters. The highest BCUT2D eigenvalue weighted by molar-refractivity contribution is 8.14. The van der Waals surface area contributed by atoms with E-state index in [-0.39, 0.29) is 16.6 Å². The maximum Gasteiger partial charge on any atom is 0.162 e. The molecule has 4 rings (SSSR count). The molecule has 2 aliphatic rings. The zero-order chi connectivity index (χ0) is 19.2. The Morgan fingerprint density at radius 1 is 1.11 bits per heavy atom. The first-order valence-electron chi connectivity index (χ1n) is 9.33. The molecule has 2 aliphatic heterocycles. The van der Waals surface area contributed by atoms with Crippen LogP contribution in [-0.4, -0.2) is 39.2 Å². The van der Waals surface area contributed by atoms with Crippen molar-refractivity contribution in [3.8, 4) is 0 Å². The molecule has 3 nitrogen and oxygen atoms in total. The number of rotatable bonds is 3. The molecule has 3 unspecified atom stereocenters. The normalized spacial score (nSPS) is 27.8. The fourth-order valence-electron chi connectivity index (χ4n) is 4.13. The van der Waals surface area contributed by atoms with E-state index in [2.05, 4.69) is 37.8 Å². The zero-order valence-electron chi connectivity index (χ0n) is 15.9. The quantitative estimate of drug-likeness (QED) is 0.788. The molecule has 0 radical (unpaired) electrons. The molecule has 5 heteroatoms. The Labute approximate surface area is 170 Å². The summed E-state index contributed by atoms with van der Waals surface area (Å²) in [5.74, 6) is -0.194. The molecule has 0 saturated carbocycles. The molecule has 0 aliphatic carbocycles. The Balaban J connectivity index is 1.87. The molecule has 0 spiro atoms. The first-order chi connectivity index (χ1) is 12.8. The van der Waals surface area contributed by atoms with Crippen molar-refractivity contribution in [2.24, 2.45) is 10.4 Å². The highest BCUT2D eigenvalue weighted by atomic mass is 35.5. The Hall–Kier alpha value is -1.49. The van der Waals surface area contributed by atoms with Crippen molar-refractivity contribution >= 4 is 28.5 Å². The van der Waals surface area contributed by atoms with Crippen molar-refractivity contribution in [2.75, 3.05) is 13.1 Å². The minimum Gasteiger partial charge on any atom is -0.369 e. The number of amidine groups is 1. The van der Waals surface area contributed by atoms with Gasteiger partial charge in [-0.25, -0.2) is 0 Å². The number of aliphatic imine (C=N–C) groups is 1. The van der Waals surface area contributed by atoms with E-state index in [0.717, 1.165) is 29.4 Å². The van der Waals surface area contributed by atoms with Gasteiger partial charge in [0.25, 0.3) is 0 Å². The molecule has 0 amide bonds. The van der Waals surface area contributed by atoms with Crippen LogP contribution in [0.25, 0.3) is 0 Å². The lowest BCUT2D eigenvalue weighted by atomic mass is 9.78. The molecule has 142 valence electrons. The lowest BCUT2D eigenvalue weighted by Gasteiger charge is -2.47. The van der Waals surface area contributed by atoms with Gasteiger partial charge in [0, 0.05) is 23.5 Å². The van der Waals surface area contributed by atoms with Gasteiger partial charge in [0.15, 0.2) is 10.9 Å². The van der Waals surface area contributed by atoms with E-state index < -0.39 is 5.72 Å². The number of hydrogen-bond donors (Lipinski definition) is 1. The van der Waals surface area contributed by atoms with Crippen LogP contribution in [0.5, 0.6) is 0 Å². The predicted octanol–water partition coefficient (Wildman–Crippen LogP) is 4.99. The molecular formula is C22H25ClN2OS. The van der Waals surface area contributed by atoms with E-state index >= 15 is 0 Å². The Bertz CT molecular complexity index is 852. The van der Waals surface area contributed by atoms with E-state index in [9.17, 15) is 5.11 Å². The second-order valence-electron chi connectivity index (χ2n) is 8.29. The summed E-state index contributed by atoms with van der Waals surface area (Å²) in [6, 6.07) is 18.1. The van der Waals surface area contributed by atoms with Gasteiger partial charge in [-0.05, 0) is 30.2 Å². The van der Waals surface area contributed by atoms with Crippen LogP contribution in [0, 0.1) is 5.41 Å². The number of hydrogen-bond acceptors (Lipinski definition) is 4. The SMILES string of the molecule is CC1SC2=NCC(C)(C)CN2C1(O)C(c1ccccc1)c1ccc(Cl)cc1. The van der Waals surface area contributed by atoms with Crippen LogP contribution in [0.2, 0.25) is 5.02 Å². The second kappa shape index (κ2) is 6.84. The smallest absolute Gasteiger partial charge is 0.162 e. The molecular weight excluding hydrogens is 376 g/mol. The van der Waals surface area contributed by atoms with Crippen molar-refractivity contribution in [3.05, 3.63) is 70.7 Å². The van der Waals surface area contributed by atoms with Crippen LogP contribution >= 0.6 is 23.4 Å². The van der Waals surface area contributed by atoms with E-state index in [1.807, 2.05) is 42.5 Å².